The summed E-state index contributed by atoms with van der Waals surface area (Å²) in [5, 5.41) is 0. The zero-order chi connectivity index (χ0) is 22.0. The molecule has 31 heavy (non-hydrogen) atoms. The van der Waals surface area contributed by atoms with Crippen LogP contribution in [0.15, 0.2) is 53.1 Å². The standard InChI is InChI=1S/C24H24N2O5/c1-16-13-21(17(2)26(16)14-20-5-4-12-30-20)22(27)15-31-24(29)18-7-9-19(10-8-18)25-11-3-6-23(25)28/h4-5,7-10,12-13H,3,6,11,14-15H2,1-2H3. The Kier molecular flexibility index (Phi) is 5.75. The van der Waals surface area contributed by atoms with Gasteiger partial charge in [0.05, 0.1) is 18.4 Å². The summed E-state index contributed by atoms with van der Waals surface area (Å²) in [5.74, 6) is 0.0559. The van der Waals surface area contributed by atoms with Crippen molar-refractivity contribution in [3.63, 3.8) is 0 Å². The van der Waals surface area contributed by atoms with E-state index in [2.05, 4.69) is 0 Å². The summed E-state index contributed by atoms with van der Waals surface area (Å²) in [7, 11) is 0. The first-order valence-electron chi connectivity index (χ1n) is 10.2. The van der Waals surface area contributed by atoms with Gasteiger partial charge in [0, 0.05) is 35.6 Å². The molecule has 0 unspecified atom stereocenters. The number of ketones is 1. The van der Waals surface area contributed by atoms with Crippen molar-refractivity contribution in [3.8, 4) is 0 Å². The number of anilines is 1. The highest BCUT2D eigenvalue weighted by atomic mass is 16.5. The van der Waals surface area contributed by atoms with Gasteiger partial charge in [-0.15, -0.1) is 0 Å². The van der Waals surface area contributed by atoms with E-state index in [0.717, 1.165) is 29.3 Å². The van der Waals surface area contributed by atoms with Crippen LogP contribution in [-0.2, 0) is 16.1 Å². The Labute approximate surface area is 180 Å². The first-order valence-corrected chi connectivity index (χ1v) is 10.2. The second kappa shape index (κ2) is 8.63. The molecule has 1 fully saturated rings. The maximum atomic E-state index is 12.7. The number of aromatic nitrogens is 1. The van der Waals surface area contributed by atoms with Gasteiger partial charge < -0.3 is 18.6 Å². The molecular weight excluding hydrogens is 396 g/mol. The van der Waals surface area contributed by atoms with Crippen LogP contribution in [0, 0.1) is 13.8 Å². The minimum absolute atomic E-state index is 0.0885. The second-order valence-electron chi connectivity index (χ2n) is 7.65. The van der Waals surface area contributed by atoms with Crippen molar-refractivity contribution < 1.29 is 23.5 Å². The highest BCUT2D eigenvalue weighted by Gasteiger charge is 2.22. The molecule has 1 aliphatic heterocycles. The Hall–Kier alpha value is -3.61. The Bertz CT molecular complexity index is 1110. The summed E-state index contributed by atoms with van der Waals surface area (Å²) in [4.78, 5) is 38.6. The smallest absolute Gasteiger partial charge is 0.338 e. The van der Waals surface area contributed by atoms with Crippen molar-refractivity contribution in [3.05, 3.63) is 77.0 Å². The van der Waals surface area contributed by atoms with Crippen LogP contribution in [0.3, 0.4) is 0 Å². The molecule has 1 aromatic carbocycles. The fourth-order valence-corrected chi connectivity index (χ4v) is 3.88. The predicted molar refractivity (Wildman–Crippen MR) is 114 cm³/mol. The summed E-state index contributed by atoms with van der Waals surface area (Å²) in [6.45, 7) is 4.67. The van der Waals surface area contributed by atoms with Gasteiger partial charge in [-0.3, -0.25) is 9.59 Å². The molecule has 3 aromatic rings. The molecule has 1 saturated heterocycles. The van der Waals surface area contributed by atoms with Gasteiger partial charge in [-0.2, -0.15) is 0 Å². The van der Waals surface area contributed by atoms with Crippen LogP contribution in [0.4, 0.5) is 5.69 Å². The van der Waals surface area contributed by atoms with E-state index in [-0.39, 0.29) is 18.3 Å². The van der Waals surface area contributed by atoms with Crippen LogP contribution < -0.4 is 4.90 Å². The lowest BCUT2D eigenvalue weighted by molar-refractivity contribution is -0.117. The normalized spacial score (nSPS) is 13.6. The average molecular weight is 420 g/mol. The van der Waals surface area contributed by atoms with E-state index in [0.29, 0.717) is 30.6 Å². The summed E-state index contributed by atoms with van der Waals surface area (Å²) in [5.41, 5.74) is 3.36. The summed E-state index contributed by atoms with van der Waals surface area (Å²) >= 11 is 0. The number of nitrogens with zero attached hydrogens (tertiary/aromatic N) is 2. The lowest BCUT2D eigenvalue weighted by Gasteiger charge is -2.15. The van der Waals surface area contributed by atoms with E-state index in [4.69, 9.17) is 9.15 Å². The second-order valence-corrected chi connectivity index (χ2v) is 7.65. The highest BCUT2D eigenvalue weighted by molar-refractivity contribution is 6.00. The van der Waals surface area contributed by atoms with Gasteiger partial charge in [0.25, 0.3) is 0 Å². The van der Waals surface area contributed by atoms with Crippen molar-refractivity contribution in [2.45, 2.75) is 33.2 Å². The van der Waals surface area contributed by atoms with Crippen LogP contribution in [0.5, 0.6) is 0 Å². The number of furan rings is 1. The molecule has 0 bridgehead atoms. The van der Waals surface area contributed by atoms with Crippen molar-refractivity contribution in [1.82, 2.24) is 4.57 Å². The van der Waals surface area contributed by atoms with Crippen molar-refractivity contribution in [2.75, 3.05) is 18.1 Å². The Morgan fingerprint density at radius 2 is 1.90 bits per heavy atom. The number of esters is 1. The minimum Gasteiger partial charge on any atom is -0.467 e. The third-order valence-corrected chi connectivity index (χ3v) is 5.59. The summed E-state index contributed by atoms with van der Waals surface area (Å²) in [6.07, 6.45) is 3.01. The molecule has 3 heterocycles. The maximum absolute atomic E-state index is 12.7. The molecule has 0 radical (unpaired) electrons. The highest BCUT2D eigenvalue weighted by Crippen LogP contribution is 2.22. The Morgan fingerprint density at radius 3 is 2.55 bits per heavy atom. The van der Waals surface area contributed by atoms with Gasteiger partial charge in [0.1, 0.15) is 5.76 Å². The number of hydrogen-bond acceptors (Lipinski definition) is 5. The number of rotatable bonds is 7. The van der Waals surface area contributed by atoms with E-state index in [1.54, 1.807) is 41.5 Å². The van der Waals surface area contributed by atoms with Crippen molar-refractivity contribution >= 4 is 23.3 Å². The van der Waals surface area contributed by atoms with Gasteiger partial charge >= 0.3 is 5.97 Å². The number of aryl methyl sites for hydroxylation is 1. The zero-order valence-corrected chi connectivity index (χ0v) is 17.6. The van der Waals surface area contributed by atoms with E-state index in [1.807, 2.05) is 30.5 Å². The first-order chi connectivity index (χ1) is 14.9. The monoisotopic (exact) mass is 420 g/mol. The molecule has 7 heteroatoms. The number of hydrogen-bond donors (Lipinski definition) is 0. The average Bonchev–Trinajstić information content (AvgIpc) is 3.50. The van der Waals surface area contributed by atoms with Gasteiger partial charge in [-0.05, 0) is 62.7 Å². The molecule has 0 N–H and O–H groups in total. The lowest BCUT2D eigenvalue weighted by atomic mass is 10.1. The van der Waals surface area contributed by atoms with Crippen molar-refractivity contribution in [1.29, 1.82) is 0 Å². The van der Waals surface area contributed by atoms with Crippen molar-refractivity contribution in [2.24, 2.45) is 0 Å². The third kappa shape index (κ3) is 4.30. The first kappa shape index (κ1) is 20.7. The number of carbonyl (C=O) groups excluding carboxylic acids is 3. The van der Waals surface area contributed by atoms with Crippen LogP contribution in [0.2, 0.25) is 0 Å². The number of benzene rings is 1. The summed E-state index contributed by atoms with van der Waals surface area (Å²) < 4.78 is 12.6. The molecule has 7 nitrogen and oxygen atoms in total. The number of Topliss-reactive ketones (excluding diaryl/α,β-unsaturated/α-hetero) is 1. The quantitative estimate of drug-likeness (QED) is 0.428. The van der Waals surface area contributed by atoms with Gasteiger partial charge in [-0.1, -0.05) is 0 Å². The number of ether oxygens (including phenoxy) is 1. The van der Waals surface area contributed by atoms with Gasteiger partial charge in [0.15, 0.2) is 6.61 Å². The topological polar surface area (TPSA) is 81.8 Å². The minimum atomic E-state index is -0.572. The van der Waals surface area contributed by atoms with E-state index in [1.165, 1.54) is 0 Å². The summed E-state index contributed by atoms with van der Waals surface area (Å²) in [6, 6.07) is 12.2. The molecule has 1 amide bonds. The lowest BCUT2D eigenvalue weighted by Crippen LogP contribution is -2.23. The Morgan fingerprint density at radius 1 is 1.13 bits per heavy atom. The van der Waals surface area contributed by atoms with Crippen LogP contribution >= 0.6 is 0 Å². The molecule has 4 rings (SSSR count). The molecule has 1 aliphatic rings. The van der Waals surface area contributed by atoms with E-state index < -0.39 is 5.97 Å². The van der Waals surface area contributed by atoms with Crippen LogP contribution in [0.25, 0.3) is 0 Å². The molecule has 0 spiro atoms. The number of amides is 1. The van der Waals surface area contributed by atoms with E-state index in [9.17, 15) is 14.4 Å². The van der Waals surface area contributed by atoms with E-state index >= 15 is 0 Å². The fourth-order valence-electron chi connectivity index (χ4n) is 3.88. The fraction of sp³-hybridized carbons (Fsp3) is 0.292. The molecule has 160 valence electrons. The largest absolute Gasteiger partial charge is 0.467 e. The SMILES string of the molecule is Cc1cc(C(=O)COC(=O)c2ccc(N3CCCC3=O)cc2)c(C)n1Cc1ccco1. The molecule has 2 aromatic heterocycles. The third-order valence-electron chi connectivity index (χ3n) is 5.59. The molecule has 0 atom stereocenters. The van der Waals surface area contributed by atoms with Gasteiger partial charge in [0.2, 0.25) is 11.7 Å². The van der Waals surface area contributed by atoms with Gasteiger partial charge in [-0.25, -0.2) is 4.79 Å². The molecule has 0 aliphatic carbocycles. The predicted octanol–water partition coefficient (Wildman–Crippen LogP) is 3.91. The van der Waals surface area contributed by atoms with Crippen LogP contribution in [-0.4, -0.2) is 35.4 Å². The maximum Gasteiger partial charge on any atom is 0.338 e. The van der Waals surface area contributed by atoms with Crippen LogP contribution in [0.1, 0.15) is 50.7 Å². The zero-order valence-electron chi connectivity index (χ0n) is 17.6. The number of carbonyl (C=O) groups is 3. The molecular formula is C24H24N2O5. The Balaban J connectivity index is 1.38. The molecule has 0 saturated carbocycles.